The number of nitrogens with one attached hydrogen (secondary N) is 1. The van der Waals surface area contributed by atoms with E-state index in [-0.39, 0.29) is 0 Å². The predicted molar refractivity (Wildman–Crippen MR) is 75.4 cm³/mol. The van der Waals surface area contributed by atoms with Gasteiger partial charge in [0.15, 0.2) is 0 Å². The molecule has 0 saturated heterocycles. The highest BCUT2D eigenvalue weighted by Gasteiger charge is 2.09. The van der Waals surface area contributed by atoms with Gasteiger partial charge in [0, 0.05) is 12.1 Å². The van der Waals surface area contributed by atoms with Crippen LogP contribution in [0, 0.1) is 0 Å². The SMILES string of the molecule is COc1cc(/C=C\C(=O)N[C@@H](C)C(N)=O)cc(OC)c1. The minimum atomic E-state index is -0.716. The van der Waals surface area contributed by atoms with Crippen molar-refractivity contribution in [3.05, 3.63) is 29.8 Å². The Morgan fingerprint density at radius 3 is 2.20 bits per heavy atom. The van der Waals surface area contributed by atoms with E-state index in [2.05, 4.69) is 5.32 Å². The van der Waals surface area contributed by atoms with Crippen LogP contribution in [-0.2, 0) is 9.59 Å². The minimum absolute atomic E-state index is 0.405. The Morgan fingerprint density at radius 1 is 1.20 bits per heavy atom. The lowest BCUT2D eigenvalue weighted by Crippen LogP contribution is -2.41. The first-order valence-corrected chi connectivity index (χ1v) is 5.97. The summed E-state index contributed by atoms with van der Waals surface area (Å²) in [5.74, 6) is 0.248. The number of amides is 2. The van der Waals surface area contributed by atoms with Crippen LogP contribution >= 0.6 is 0 Å². The van der Waals surface area contributed by atoms with Gasteiger partial charge in [-0.3, -0.25) is 9.59 Å². The quantitative estimate of drug-likeness (QED) is 0.750. The number of ether oxygens (including phenoxy) is 2. The summed E-state index contributed by atoms with van der Waals surface area (Å²) in [6.45, 7) is 1.52. The first-order chi connectivity index (χ1) is 9.46. The Morgan fingerprint density at radius 2 is 1.75 bits per heavy atom. The van der Waals surface area contributed by atoms with Crippen LogP contribution in [0.4, 0.5) is 0 Å². The molecular weight excluding hydrogens is 260 g/mol. The third-order valence-electron chi connectivity index (χ3n) is 2.59. The molecule has 20 heavy (non-hydrogen) atoms. The fourth-order valence-electron chi connectivity index (χ4n) is 1.43. The van der Waals surface area contributed by atoms with Crippen LogP contribution in [0.2, 0.25) is 0 Å². The summed E-state index contributed by atoms with van der Waals surface area (Å²) in [6.07, 6.45) is 2.90. The molecule has 6 nitrogen and oxygen atoms in total. The molecule has 1 rings (SSSR count). The van der Waals surface area contributed by atoms with Gasteiger partial charge in [0.25, 0.3) is 0 Å². The normalized spacial score (nSPS) is 11.9. The van der Waals surface area contributed by atoms with Gasteiger partial charge < -0.3 is 20.5 Å². The molecule has 0 aliphatic rings. The van der Waals surface area contributed by atoms with Crippen molar-refractivity contribution in [2.24, 2.45) is 5.73 Å². The Kier molecular flexibility index (Phi) is 5.58. The van der Waals surface area contributed by atoms with E-state index < -0.39 is 17.9 Å². The van der Waals surface area contributed by atoms with E-state index in [4.69, 9.17) is 15.2 Å². The van der Waals surface area contributed by atoms with Gasteiger partial charge in [0.1, 0.15) is 17.5 Å². The highest BCUT2D eigenvalue weighted by molar-refractivity contribution is 5.95. The topological polar surface area (TPSA) is 90.6 Å². The lowest BCUT2D eigenvalue weighted by molar-refractivity contribution is -0.124. The highest BCUT2D eigenvalue weighted by Crippen LogP contribution is 2.23. The van der Waals surface area contributed by atoms with Gasteiger partial charge in [-0.2, -0.15) is 0 Å². The molecule has 0 heterocycles. The van der Waals surface area contributed by atoms with E-state index in [1.54, 1.807) is 38.5 Å². The van der Waals surface area contributed by atoms with Crippen molar-refractivity contribution in [2.75, 3.05) is 14.2 Å². The van der Waals surface area contributed by atoms with Crippen molar-refractivity contribution in [2.45, 2.75) is 13.0 Å². The molecule has 0 aromatic heterocycles. The average Bonchev–Trinajstić information content (AvgIpc) is 2.44. The zero-order valence-corrected chi connectivity index (χ0v) is 11.7. The maximum atomic E-state index is 11.6. The van der Waals surface area contributed by atoms with Crippen LogP contribution in [0.3, 0.4) is 0 Å². The Balaban J connectivity index is 2.79. The molecule has 6 heteroatoms. The maximum absolute atomic E-state index is 11.6. The number of carbonyl (C=O) groups is 2. The molecule has 0 aliphatic heterocycles. The molecular formula is C14H18N2O4. The summed E-state index contributed by atoms with van der Waals surface area (Å²) in [5.41, 5.74) is 5.80. The van der Waals surface area contributed by atoms with E-state index in [1.807, 2.05) is 0 Å². The van der Waals surface area contributed by atoms with Crippen LogP contribution in [0.25, 0.3) is 6.08 Å². The monoisotopic (exact) mass is 278 g/mol. The molecule has 0 unspecified atom stereocenters. The first kappa shape index (κ1) is 15.6. The maximum Gasteiger partial charge on any atom is 0.244 e. The van der Waals surface area contributed by atoms with E-state index in [1.165, 1.54) is 13.0 Å². The lowest BCUT2D eigenvalue weighted by Gasteiger charge is -2.08. The third kappa shape index (κ3) is 4.64. The zero-order chi connectivity index (χ0) is 15.1. The molecule has 0 radical (unpaired) electrons. The van der Waals surface area contributed by atoms with Gasteiger partial charge in [-0.15, -0.1) is 0 Å². The third-order valence-corrected chi connectivity index (χ3v) is 2.59. The average molecular weight is 278 g/mol. The Bertz CT molecular complexity index is 504. The van der Waals surface area contributed by atoms with Gasteiger partial charge >= 0.3 is 0 Å². The molecule has 1 aromatic carbocycles. The summed E-state index contributed by atoms with van der Waals surface area (Å²) in [4.78, 5) is 22.4. The van der Waals surface area contributed by atoms with Crippen molar-refractivity contribution in [3.63, 3.8) is 0 Å². The van der Waals surface area contributed by atoms with Gasteiger partial charge in [-0.25, -0.2) is 0 Å². The zero-order valence-electron chi connectivity index (χ0n) is 11.7. The van der Waals surface area contributed by atoms with Gasteiger partial charge in [-0.1, -0.05) is 0 Å². The molecule has 0 saturated carbocycles. The minimum Gasteiger partial charge on any atom is -0.497 e. The molecule has 0 spiro atoms. The number of benzene rings is 1. The van der Waals surface area contributed by atoms with Crippen LogP contribution < -0.4 is 20.5 Å². The second-order valence-electron chi connectivity index (χ2n) is 4.11. The summed E-state index contributed by atoms with van der Waals surface area (Å²) in [7, 11) is 3.09. The number of rotatable bonds is 6. The molecule has 1 atom stereocenters. The summed E-state index contributed by atoms with van der Waals surface area (Å²) in [6, 6.07) is 4.52. The summed E-state index contributed by atoms with van der Waals surface area (Å²) in [5, 5.41) is 2.44. The van der Waals surface area contributed by atoms with E-state index >= 15 is 0 Å². The number of hydrogen-bond donors (Lipinski definition) is 2. The van der Waals surface area contributed by atoms with E-state index in [0.717, 1.165) is 5.56 Å². The number of nitrogens with two attached hydrogens (primary N) is 1. The summed E-state index contributed by atoms with van der Waals surface area (Å²) >= 11 is 0. The van der Waals surface area contributed by atoms with Crippen molar-refractivity contribution < 1.29 is 19.1 Å². The lowest BCUT2D eigenvalue weighted by atomic mass is 10.2. The number of primary amides is 1. The number of methoxy groups -OCH3 is 2. The van der Waals surface area contributed by atoms with Crippen molar-refractivity contribution in [3.8, 4) is 11.5 Å². The number of carbonyl (C=O) groups excluding carboxylic acids is 2. The van der Waals surface area contributed by atoms with Crippen molar-refractivity contribution >= 4 is 17.9 Å². The van der Waals surface area contributed by atoms with Crippen LogP contribution in [-0.4, -0.2) is 32.1 Å². The predicted octanol–water partition coefficient (Wildman–Crippen LogP) is 0.707. The Labute approximate surface area is 117 Å². The second kappa shape index (κ2) is 7.18. The smallest absolute Gasteiger partial charge is 0.244 e. The van der Waals surface area contributed by atoms with Gasteiger partial charge in [0.05, 0.1) is 14.2 Å². The fraction of sp³-hybridized carbons (Fsp3) is 0.286. The van der Waals surface area contributed by atoms with Crippen molar-refractivity contribution in [1.82, 2.24) is 5.32 Å². The largest absolute Gasteiger partial charge is 0.497 e. The molecule has 0 bridgehead atoms. The highest BCUT2D eigenvalue weighted by atomic mass is 16.5. The molecule has 108 valence electrons. The molecule has 2 amide bonds. The van der Waals surface area contributed by atoms with E-state index in [0.29, 0.717) is 11.5 Å². The number of hydrogen-bond acceptors (Lipinski definition) is 4. The van der Waals surface area contributed by atoms with Crippen molar-refractivity contribution in [1.29, 1.82) is 0 Å². The van der Waals surface area contributed by atoms with Crippen LogP contribution in [0.15, 0.2) is 24.3 Å². The van der Waals surface area contributed by atoms with E-state index in [9.17, 15) is 9.59 Å². The van der Waals surface area contributed by atoms with Crippen LogP contribution in [0.1, 0.15) is 12.5 Å². The molecule has 0 fully saturated rings. The summed E-state index contributed by atoms with van der Waals surface area (Å²) < 4.78 is 10.2. The van der Waals surface area contributed by atoms with Gasteiger partial charge in [-0.05, 0) is 30.7 Å². The van der Waals surface area contributed by atoms with Crippen LogP contribution in [0.5, 0.6) is 11.5 Å². The van der Waals surface area contributed by atoms with Gasteiger partial charge in [0.2, 0.25) is 11.8 Å². The first-order valence-electron chi connectivity index (χ1n) is 5.97. The Hall–Kier alpha value is -2.50. The molecule has 0 aliphatic carbocycles. The standard InChI is InChI=1S/C14H18N2O4/c1-9(14(15)18)16-13(17)5-4-10-6-11(19-2)8-12(7-10)20-3/h4-9H,1-3H3,(H2,15,18)(H,16,17)/b5-4-/t9-/m0/s1. The molecule has 3 N–H and O–H groups in total. The second-order valence-corrected chi connectivity index (χ2v) is 4.11. The fourth-order valence-corrected chi connectivity index (χ4v) is 1.43. The molecule has 1 aromatic rings.